The molecule has 0 unspecified atom stereocenters. The normalized spacial score (nSPS) is 13.2. The number of para-hydroxylation sites is 1. The first-order chi connectivity index (χ1) is 12.4. The maximum atomic E-state index is 12.1. The molecule has 0 saturated carbocycles. The van der Waals surface area contributed by atoms with Crippen LogP contribution in [0.4, 0.5) is 4.79 Å². The number of hydrogen-bond acceptors (Lipinski definition) is 6. The quantitative estimate of drug-likeness (QED) is 0.776. The molecule has 0 spiro atoms. The minimum Gasteiger partial charge on any atom is -0.467 e. The summed E-state index contributed by atoms with van der Waals surface area (Å²) < 4.78 is 35.2. The third kappa shape index (κ3) is 5.22. The third-order valence-corrected chi connectivity index (χ3v) is 4.74. The number of fused-ring (bicyclic) bond motifs is 1. The number of amides is 1. The number of methoxy groups -OCH3 is 1. The van der Waals surface area contributed by atoms with Crippen molar-refractivity contribution >= 4 is 33.0 Å². The van der Waals surface area contributed by atoms with Crippen LogP contribution in [0.1, 0.15) is 26.3 Å². The van der Waals surface area contributed by atoms with Crippen molar-refractivity contribution in [3.8, 4) is 0 Å². The van der Waals surface area contributed by atoms with Gasteiger partial charge in [0.05, 0.1) is 18.9 Å². The molecule has 1 amide bonds. The van der Waals surface area contributed by atoms with E-state index in [1.54, 1.807) is 45.0 Å². The molecule has 0 fully saturated rings. The Balaban J connectivity index is 2.38. The second-order valence-corrected chi connectivity index (χ2v) is 9.02. The van der Waals surface area contributed by atoms with Crippen molar-refractivity contribution in [2.24, 2.45) is 0 Å². The van der Waals surface area contributed by atoms with Crippen LogP contribution in [0.2, 0.25) is 0 Å². The first-order valence-electron chi connectivity index (χ1n) is 8.29. The molecular weight excluding hydrogens is 372 g/mol. The summed E-state index contributed by atoms with van der Waals surface area (Å²) in [4.78, 5) is 24.2. The van der Waals surface area contributed by atoms with Crippen molar-refractivity contribution in [3.63, 3.8) is 0 Å². The fraction of sp³-hybridized carbons (Fsp3) is 0.444. The molecular formula is C18H24N2O6S. The molecule has 1 heterocycles. The van der Waals surface area contributed by atoms with Crippen molar-refractivity contribution < 1.29 is 27.5 Å². The molecule has 0 aliphatic carbocycles. The van der Waals surface area contributed by atoms with E-state index in [2.05, 4.69) is 5.32 Å². The largest absolute Gasteiger partial charge is 0.467 e. The van der Waals surface area contributed by atoms with Crippen LogP contribution in [0.15, 0.2) is 30.5 Å². The SMILES string of the molecule is COC(=O)[C@H](Cc1cn(S(C)(=O)=O)c2ccccc12)NC(=O)OC(C)(C)C. The number of aromatic nitrogens is 1. The Morgan fingerprint density at radius 3 is 2.41 bits per heavy atom. The Labute approximate surface area is 158 Å². The maximum absolute atomic E-state index is 12.1. The Morgan fingerprint density at radius 1 is 1.22 bits per heavy atom. The zero-order valence-electron chi connectivity index (χ0n) is 16.0. The van der Waals surface area contributed by atoms with Crippen LogP contribution in [-0.2, 0) is 30.7 Å². The average molecular weight is 396 g/mol. The summed E-state index contributed by atoms with van der Waals surface area (Å²) in [7, 11) is -2.31. The fourth-order valence-corrected chi connectivity index (χ4v) is 3.50. The van der Waals surface area contributed by atoms with E-state index >= 15 is 0 Å². The zero-order valence-corrected chi connectivity index (χ0v) is 16.8. The van der Waals surface area contributed by atoms with Crippen LogP contribution in [0.3, 0.4) is 0 Å². The fourth-order valence-electron chi connectivity index (χ4n) is 2.66. The topological polar surface area (TPSA) is 104 Å². The Morgan fingerprint density at radius 2 is 1.85 bits per heavy atom. The highest BCUT2D eigenvalue weighted by Gasteiger charge is 2.27. The van der Waals surface area contributed by atoms with Gasteiger partial charge in [0.2, 0.25) is 10.0 Å². The summed E-state index contributed by atoms with van der Waals surface area (Å²) in [5, 5.41) is 3.16. The van der Waals surface area contributed by atoms with Gasteiger partial charge < -0.3 is 14.8 Å². The number of esters is 1. The smallest absolute Gasteiger partial charge is 0.408 e. The number of carbonyl (C=O) groups excluding carboxylic acids is 2. The van der Waals surface area contributed by atoms with Crippen molar-refractivity contribution in [2.75, 3.05) is 13.4 Å². The van der Waals surface area contributed by atoms with Crippen LogP contribution in [0, 0.1) is 0 Å². The number of hydrogen-bond donors (Lipinski definition) is 1. The van der Waals surface area contributed by atoms with Crippen molar-refractivity contribution in [1.82, 2.24) is 9.29 Å². The Bertz CT molecular complexity index is 956. The number of nitrogens with zero attached hydrogens (tertiary/aromatic N) is 1. The molecule has 0 aliphatic rings. The molecule has 0 bridgehead atoms. The highest BCUT2D eigenvalue weighted by molar-refractivity contribution is 7.89. The second kappa shape index (κ2) is 7.59. The molecule has 2 aromatic rings. The molecule has 9 heteroatoms. The van der Waals surface area contributed by atoms with Crippen LogP contribution >= 0.6 is 0 Å². The standard InChI is InChI=1S/C18H24N2O6S/c1-18(2,3)26-17(22)19-14(16(21)25-4)10-12-11-20(27(5,23)24)15-9-7-6-8-13(12)15/h6-9,11,14H,10H2,1-5H3,(H,19,22)/t14-/m0/s1. The van der Waals surface area contributed by atoms with Crippen LogP contribution < -0.4 is 5.32 Å². The van der Waals surface area contributed by atoms with E-state index in [0.29, 0.717) is 16.5 Å². The molecule has 0 saturated heterocycles. The maximum Gasteiger partial charge on any atom is 0.408 e. The van der Waals surface area contributed by atoms with Crippen LogP contribution in [0.25, 0.3) is 10.9 Å². The number of benzene rings is 1. The highest BCUT2D eigenvalue weighted by Crippen LogP contribution is 2.24. The monoisotopic (exact) mass is 396 g/mol. The second-order valence-electron chi connectivity index (χ2n) is 7.16. The minimum absolute atomic E-state index is 0.0505. The number of alkyl carbamates (subject to hydrolysis) is 1. The van der Waals surface area contributed by atoms with Crippen molar-refractivity contribution in [1.29, 1.82) is 0 Å². The van der Waals surface area contributed by atoms with Gasteiger partial charge in [-0.25, -0.2) is 22.0 Å². The Kier molecular flexibility index (Phi) is 5.84. The van der Waals surface area contributed by atoms with E-state index in [1.165, 1.54) is 13.3 Å². The van der Waals surface area contributed by atoms with Gasteiger partial charge in [0.1, 0.15) is 11.6 Å². The molecule has 1 atom stereocenters. The van der Waals surface area contributed by atoms with E-state index in [-0.39, 0.29) is 6.42 Å². The first-order valence-corrected chi connectivity index (χ1v) is 10.1. The van der Waals surface area contributed by atoms with Crippen molar-refractivity contribution in [2.45, 2.75) is 38.8 Å². The van der Waals surface area contributed by atoms with E-state index in [9.17, 15) is 18.0 Å². The lowest BCUT2D eigenvalue weighted by atomic mass is 10.1. The van der Waals surface area contributed by atoms with Gasteiger partial charge in [-0.15, -0.1) is 0 Å². The molecule has 1 N–H and O–H groups in total. The lowest BCUT2D eigenvalue weighted by Crippen LogP contribution is -2.45. The van der Waals surface area contributed by atoms with Gasteiger partial charge in [0.15, 0.2) is 0 Å². The predicted octanol–water partition coefficient (Wildman–Crippen LogP) is 2.06. The minimum atomic E-state index is -3.53. The van der Waals surface area contributed by atoms with Gasteiger partial charge in [-0.05, 0) is 32.4 Å². The van der Waals surface area contributed by atoms with E-state index in [0.717, 1.165) is 10.2 Å². The summed E-state index contributed by atoms with van der Waals surface area (Å²) in [5.74, 6) is -0.656. The van der Waals surface area contributed by atoms with Crippen LogP contribution in [-0.4, -0.2) is 49.5 Å². The lowest BCUT2D eigenvalue weighted by molar-refractivity contribution is -0.143. The van der Waals surface area contributed by atoms with Gasteiger partial charge >= 0.3 is 12.1 Å². The van der Waals surface area contributed by atoms with Crippen LogP contribution in [0.5, 0.6) is 0 Å². The van der Waals surface area contributed by atoms with Crippen molar-refractivity contribution in [3.05, 3.63) is 36.0 Å². The number of ether oxygens (including phenoxy) is 2. The lowest BCUT2D eigenvalue weighted by Gasteiger charge is -2.22. The molecule has 0 aliphatic heterocycles. The third-order valence-electron chi connectivity index (χ3n) is 3.72. The van der Waals surface area contributed by atoms with Gasteiger partial charge in [0, 0.05) is 18.0 Å². The van der Waals surface area contributed by atoms with E-state index < -0.39 is 33.7 Å². The molecule has 8 nitrogen and oxygen atoms in total. The van der Waals surface area contributed by atoms with E-state index in [4.69, 9.17) is 9.47 Å². The number of nitrogens with one attached hydrogen (secondary N) is 1. The first kappa shape index (κ1) is 20.8. The number of carbonyl (C=O) groups is 2. The van der Waals surface area contributed by atoms with Gasteiger partial charge in [-0.3, -0.25) is 0 Å². The molecule has 1 aromatic carbocycles. The summed E-state index contributed by atoms with van der Waals surface area (Å²) in [5.41, 5.74) is 0.357. The van der Waals surface area contributed by atoms with Gasteiger partial charge in [-0.1, -0.05) is 18.2 Å². The summed E-state index contributed by atoms with van der Waals surface area (Å²) >= 11 is 0. The molecule has 2 rings (SSSR count). The molecule has 148 valence electrons. The molecule has 1 aromatic heterocycles. The average Bonchev–Trinajstić information content (AvgIpc) is 2.91. The summed E-state index contributed by atoms with van der Waals surface area (Å²) in [6.07, 6.45) is 1.84. The summed E-state index contributed by atoms with van der Waals surface area (Å²) in [6, 6.07) is 5.91. The van der Waals surface area contributed by atoms with Gasteiger partial charge in [0.25, 0.3) is 0 Å². The molecule has 0 radical (unpaired) electrons. The van der Waals surface area contributed by atoms with E-state index in [1.807, 2.05) is 0 Å². The molecule has 27 heavy (non-hydrogen) atoms. The number of rotatable bonds is 5. The Hall–Kier alpha value is -2.55. The summed E-state index contributed by atoms with van der Waals surface area (Å²) in [6.45, 7) is 5.12. The predicted molar refractivity (Wildman–Crippen MR) is 101 cm³/mol. The highest BCUT2D eigenvalue weighted by atomic mass is 32.2. The zero-order chi connectivity index (χ0) is 20.4. The van der Waals surface area contributed by atoms with Gasteiger partial charge in [-0.2, -0.15) is 0 Å².